The largest absolute Gasteiger partial charge is 0.383 e. The van der Waals surface area contributed by atoms with Gasteiger partial charge in [0.25, 0.3) is 0 Å². The van der Waals surface area contributed by atoms with Crippen molar-refractivity contribution < 1.29 is 14.3 Å². The minimum absolute atomic E-state index is 0.191. The molecule has 18 heavy (non-hydrogen) atoms. The highest BCUT2D eigenvalue weighted by molar-refractivity contribution is 5.73. The van der Waals surface area contributed by atoms with Gasteiger partial charge in [0.05, 0.1) is 13.2 Å². The number of hydrogen-bond donors (Lipinski definition) is 2. The lowest BCUT2D eigenvalue weighted by Crippen LogP contribution is -2.36. The van der Waals surface area contributed by atoms with Crippen LogP contribution in [0.3, 0.4) is 0 Å². The summed E-state index contributed by atoms with van der Waals surface area (Å²) < 4.78 is 9.90. The molecule has 0 aliphatic rings. The van der Waals surface area contributed by atoms with E-state index in [2.05, 4.69) is 10.6 Å². The van der Waals surface area contributed by atoms with E-state index in [-0.39, 0.29) is 6.03 Å². The average molecular weight is 252 g/mol. The first-order valence-electron chi connectivity index (χ1n) is 5.83. The molecule has 0 unspecified atom stereocenters. The highest BCUT2D eigenvalue weighted by Crippen LogP contribution is 2.05. The summed E-state index contributed by atoms with van der Waals surface area (Å²) in [6.07, 6.45) is 0. The SMILES string of the molecule is COCCNC(=O)NCc1cccc(COC)c1. The molecule has 0 bridgehead atoms. The number of carbonyl (C=O) groups excluding carboxylic acids is 1. The van der Waals surface area contributed by atoms with Crippen LogP contribution in [0.15, 0.2) is 24.3 Å². The first-order valence-corrected chi connectivity index (χ1v) is 5.83. The molecule has 0 atom stereocenters. The van der Waals surface area contributed by atoms with Gasteiger partial charge >= 0.3 is 6.03 Å². The van der Waals surface area contributed by atoms with Gasteiger partial charge in [-0.05, 0) is 11.1 Å². The third kappa shape index (κ3) is 5.65. The fourth-order valence-corrected chi connectivity index (χ4v) is 1.51. The van der Waals surface area contributed by atoms with Crippen LogP contribution in [-0.2, 0) is 22.6 Å². The summed E-state index contributed by atoms with van der Waals surface area (Å²) in [6, 6.07) is 7.73. The smallest absolute Gasteiger partial charge is 0.315 e. The second-order valence-corrected chi connectivity index (χ2v) is 3.86. The van der Waals surface area contributed by atoms with Crippen LogP contribution in [0.5, 0.6) is 0 Å². The van der Waals surface area contributed by atoms with Crippen molar-refractivity contribution in [3.8, 4) is 0 Å². The Balaban J connectivity index is 2.33. The number of hydrogen-bond acceptors (Lipinski definition) is 3. The topological polar surface area (TPSA) is 59.6 Å². The quantitative estimate of drug-likeness (QED) is 0.719. The molecular formula is C13H20N2O3. The maximum atomic E-state index is 11.4. The zero-order valence-electron chi connectivity index (χ0n) is 10.9. The van der Waals surface area contributed by atoms with E-state index >= 15 is 0 Å². The summed E-state index contributed by atoms with van der Waals surface area (Å²) in [5, 5.41) is 5.47. The molecule has 0 aromatic heterocycles. The van der Waals surface area contributed by atoms with Gasteiger partial charge in [-0.3, -0.25) is 0 Å². The molecule has 0 radical (unpaired) electrons. The van der Waals surface area contributed by atoms with Crippen LogP contribution in [0.1, 0.15) is 11.1 Å². The first-order chi connectivity index (χ1) is 8.76. The Bertz CT molecular complexity index is 369. The average Bonchev–Trinajstić information content (AvgIpc) is 2.38. The van der Waals surface area contributed by atoms with Crippen molar-refractivity contribution in [2.45, 2.75) is 13.2 Å². The normalized spacial score (nSPS) is 10.1. The molecule has 1 aromatic carbocycles. The van der Waals surface area contributed by atoms with Gasteiger partial charge in [-0.2, -0.15) is 0 Å². The Kier molecular flexibility index (Phi) is 6.83. The molecule has 2 amide bonds. The first kappa shape index (κ1) is 14.5. The van der Waals surface area contributed by atoms with E-state index < -0.39 is 0 Å². The molecule has 0 saturated heterocycles. The molecule has 0 heterocycles. The lowest BCUT2D eigenvalue weighted by atomic mass is 10.1. The predicted octanol–water partition coefficient (Wildman–Crippen LogP) is 1.28. The van der Waals surface area contributed by atoms with Gasteiger partial charge in [-0.1, -0.05) is 24.3 Å². The van der Waals surface area contributed by atoms with E-state index in [0.29, 0.717) is 26.3 Å². The Morgan fingerprint density at radius 1 is 1.17 bits per heavy atom. The van der Waals surface area contributed by atoms with Crippen molar-refractivity contribution in [2.24, 2.45) is 0 Å². The van der Waals surface area contributed by atoms with Crippen LogP contribution in [0, 0.1) is 0 Å². The van der Waals surface area contributed by atoms with Crippen LogP contribution in [0.2, 0.25) is 0 Å². The van der Waals surface area contributed by atoms with Crippen molar-refractivity contribution in [1.82, 2.24) is 10.6 Å². The summed E-state index contributed by atoms with van der Waals surface area (Å²) in [6.45, 7) is 2.09. The van der Waals surface area contributed by atoms with E-state index in [0.717, 1.165) is 11.1 Å². The number of urea groups is 1. The van der Waals surface area contributed by atoms with E-state index in [1.165, 1.54) is 0 Å². The number of amides is 2. The predicted molar refractivity (Wildman–Crippen MR) is 69.3 cm³/mol. The molecule has 100 valence electrons. The number of carbonyl (C=O) groups is 1. The van der Waals surface area contributed by atoms with Crippen LogP contribution >= 0.6 is 0 Å². The minimum atomic E-state index is -0.191. The van der Waals surface area contributed by atoms with E-state index in [1.807, 2.05) is 24.3 Å². The Labute approximate surface area is 107 Å². The summed E-state index contributed by atoms with van der Waals surface area (Å²) in [4.78, 5) is 11.4. The second kappa shape index (κ2) is 8.49. The number of nitrogens with one attached hydrogen (secondary N) is 2. The fourth-order valence-electron chi connectivity index (χ4n) is 1.51. The van der Waals surface area contributed by atoms with Crippen LogP contribution in [-0.4, -0.2) is 33.4 Å². The molecule has 0 aliphatic heterocycles. The lowest BCUT2D eigenvalue weighted by molar-refractivity contribution is 0.185. The molecule has 5 heteroatoms. The third-order valence-electron chi connectivity index (χ3n) is 2.35. The molecule has 0 spiro atoms. The number of ether oxygens (including phenoxy) is 2. The van der Waals surface area contributed by atoms with Crippen molar-refractivity contribution in [3.05, 3.63) is 35.4 Å². The van der Waals surface area contributed by atoms with Crippen LogP contribution in [0.25, 0.3) is 0 Å². The standard InChI is InChI=1S/C13H20N2O3/c1-17-7-6-14-13(16)15-9-11-4-3-5-12(8-11)10-18-2/h3-5,8H,6-7,9-10H2,1-2H3,(H2,14,15,16). The van der Waals surface area contributed by atoms with Gasteiger partial charge in [0.2, 0.25) is 0 Å². The molecule has 1 aromatic rings. The van der Waals surface area contributed by atoms with Crippen molar-refractivity contribution >= 4 is 6.03 Å². The summed E-state index contributed by atoms with van der Waals surface area (Å²) in [7, 11) is 3.26. The van der Waals surface area contributed by atoms with Gasteiger partial charge in [0.15, 0.2) is 0 Å². The molecule has 0 fully saturated rings. The minimum Gasteiger partial charge on any atom is -0.383 e. The zero-order valence-corrected chi connectivity index (χ0v) is 10.9. The molecule has 0 aliphatic carbocycles. The van der Waals surface area contributed by atoms with Gasteiger partial charge in [0.1, 0.15) is 0 Å². The maximum absolute atomic E-state index is 11.4. The Morgan fingerprint density at radius 3 is 2.67 bits per heavy atom. The Morgan fingerprint density at radius 2 is 1.94 bits per heavy atom. The van der Waals surface area contributed by atoms with Gasteiger partial charge in [-0.25, -0.2) is 4.79 Å². The molecular weight excluding hydrogens is 232 g/mol. The number of rotatable bonds is 7. The summed E-state index contributed by atoms with van der Waals surface area (Å²) in [5.41, 5.74) is 2.14. The van der Waals surface area contributed by atoms with Gasteiger partial charge < -0.3 is 20.1 Å². The number of benzene rings is 1. The summed E-state index contributed by atoms with van der Waals surface area (Å²) in [5.74, 6) is 0. The molecule has 1 rings (SSSR count). The third-order valence-corrected chi connectivity index (χ3v) is 2.35. The molecule has 5 nitrogen and oxygen atoms in total. The van der Waals surface area contributed by atoms with Crippen LogP contribution < -0.4 is 10.6 Å². The van der Waals surface area contributed by atoms with Gasteiger partial charge in [-0.15, -0.1) is 0 Å². The van der Waals surface area contributed by atoms with E-state index in [1.54, 1.807) is 14.2 Å². The van der Waals surface area contributed by atoms with Crippen molar-refractivity contribution in [3.63, 3.8) is 0 Å². The maximum Gasteiger partial charge on any atom is 0.315 e. The lowest BCUT2D eigenvalue weighted by Gasteiger charge is -2.08. The molecule has 0 saturated carbocycles. The second-order valence-electron chi connectivity index (χ2n) is 3.86. The number of methoxy groups -OCH3 is 2. The fraction of sp³-hybridized carbons (Fsp3) is 0.462. The van der Waals surface area contributed by atoms with E-state index in [4.69, 9.17) is 9.47 Å². The summed E-state index contributed by atoms with van der Waals surface area (Å²) >= 11 is 0. The van der Waals surface area contributed by atoms with E-state index in [9.17, 15) is 4.79 Å². The van der Waals surface area contributed by atoms with Crippen molar-refractivity contribution in [1.29, 1.82) is 0 Å². The highest BCUT2D eigenvalue weighted by atomic mass is 16.5. The van der Waals surface area contributed by atoms with Gasteiger partial charge in [0, 0.05) is 27.3 Å². The van der Waals surface area contributed by atoms with Crippen LogP contribution in [0.4, 0.5) is 4.79 Å². The Hall–Kier alpha value is -1.59. The van der Waals surface area contributed by atoms with Crippen molar-refractivity contribution in [2.75, 3.05) is 27.4 Å². The monoisotopic (exact) mass is 252 g/mol. The molecule has 2 N–H and O–H groups in total. The zero-order chi connectivity index (χ0) is 13.2. The highest BCUT2D eigenvalue weighted by Gasteiger charge is 2.00.